The van der Waals surface area contributed by atoms with Crippen LogP contribution in [0.25, 0.3) is 0 Å². The van der Waals surface area contributed by atoms with Crippen molar-refractivity contribution in [3.05, 3.63) is 36.2 Å². The number of benzene rings is 1. The first-order valence-corrected chi connectivity index (χ1v) is 19.8. The van der Waals surface area contributed by atoms with Crippen LogP contribution in [0.5, 0.6) is 5.75 Å². The summed E-state index contributed by atoms with van der Waals surface area (Å²) in [6, 6.07) is 5.78. The molecule has 294 valence electrons. The van der Waals surface area contributed by atoms with E-state index in [1.165, 1.54) is 12.1 Å². The molecule has 0 saturated carbocycles. The number of nitrogens with zero attached hydrogens (tertiary/aromatic N) is 3. The number of hydrogen-bond donors (Lipinski definition) is 8. The average Bonchev–Trinajstić information content (AvgIpc) is 3.57. The zero-order chi connectivity index (χ0) is 37.8. The summed E-state index contributed by atoms with van der Waals surface area (Å²) in [6.07, 6.45) is -1.88. The minimum Gasteiger partial charge on any atom is -0.462 e. The highest BCUT2D eigenvalue weighted by Crippen LogP contribution is 2.38. The predicted octanol–water partition coefficient (Wildman–Crippen LogP) is -0.0148. The molecular weight excluding hydrogens is 775 g/mol. The van der Waals surface area contributed by atoms with Crippen molar-refractivity contribution in [2.75, 3.05) is 76.1 Å². The van der Waals surface area contributed by atoms with Gasteiger partial charge in [0.25, 0.3) is 0 Å². The third kappa shape index (κ3) is 16.9. The van der Waals surface area contributed by atoms with E-state index >= 15 is 0 Å². The lowest BCUT2D eigenvalue weighted by Crippen LogP contribution is -2.57. The molecule has 5 atom stereocenters. The van der Waals surface area contributed by atoms with Gasteiger partial charge in [-0.2, -0.15) is 0 Å². The number of carbonyl (C=O) groups excluding carboxylic acids is 2. The van der Waals surface area contributed by atoms with E-state index in [4.69, 9.17) is 23.7 Å². The molecule has 1 fully saturated rings. The Bertz CT molecular complexity index is 1370. The largest absolute Gasteiger partial charge is 0.462 e. The minimum atomic E-state index is -4.35. The zero-order valence-electron chi connectivity index (χ0n) is 28.8. The highest BCUT2D eigenvalue weighted by molar-refractivity contribution is 9.09. The van der Waals surface area contributed by atoms with Gasteiger partial charge in [0.1, 0.15) is 11.9 Å². The van der Waals surface area contributed by atoms with Crippen LogP contribution in [-0.4, -0.2) is 147 Å². The number of rotatable bonds is 25. The summed E-state index contributed by atoms with van der Waals surface area (Å²) < 4.78 is 40.7. The van der Waals surface area contributed by atoms with E-state index in [0.717, 1.165) is 18.5 Å². The molecule has 1 aromatic carbocycles. The van der Waals surface area contributed by atoms with Crippen LogP contribution in [-0.2, 0) is 41.3 Å². The van der Waals surface area contributed by atoms with Gasteiger partial charge in [0.15, 0.2) is 0 Å². The number of carbonyl (C=O) groups is 2. The van der Waals surface area contributed by atoms with Gasteiger partial charge in [-0.1, -0.05) is 21.1 Å². The Morgan fingerprint density at radius 1 is 0.942 bits per heavy atom. The summed E-state index contributed by atoms with van der Waals surface area (Å²) in [5, 5.41) is 47.3. The van der Waals surface area contributed by atoms with Crippen LogP contribution >= 0.6 is 23.5 Å². The van der Waals surface area contributed by atoms with Gasteiger partial charge >= 0.3 is 13.6 Å². The van der Waals surface area contributed by atoms with E-state index in [9.17, 15) is 39.3 Å². The average molecular weight is 826 g/mol. The van der Waals surface area contributed by atoms with Crippen LogP contribution in [0.2, 0.25) is 0 Å². The lowest BCUT2D eigenvalue weighted by Gasteiger charge is -2.42. The van der Waals surface area contributed by atoms with Gasteiger partial charge in [-0.15, -0.1) is 5.10 Å². The fraction of sp³-hybridized carbons (Fsp3) is 0.677. The molecule has 2 aromatic rings. The van der Waals surface area contributed by atoms with Crippen LogP contribution in [0.15, 0.2) is 30.5 Å². The molecule has 0 unspecified atom stereocenters. The lowest BCUT2D eigenvalue weighted by molar-refractivity contribution is -0.262. The maximum Gasteiger partial charge on any atom is 0.325 e. The van der Waals surface area contributed by atoms with Crippen molar-refractivity contribution in [3.8, 4) is 5.75 Å². The first-order chi connectivity index (χ1) is 25.0. The van der Waals surface area contributed by atoms with Crippen molar-refractivity contribution >= 4 is 41.2 Å². The third-order valence-corrected chi connectivity index (χ3v) is 9.11. The van der Waals surface area contributed by atoms with E-state index in [1.54, 1.807) is 16.8 Å². The number of aromatic nitrogens is 3. The van der Waals surface area contributed by atoms with Crippen LogP contribution in [0, 0.1) is 5.92 Å². The number of anilines is 1. The summed E-state index contributed by atoms with van der Waals surface area (Å²) >= 11 is 3.07. The summed E-state index contributed by atoms with van der Waals surface area (Å²) in [5.41, 5.74) is 1.31. The van der Waals surface area contributed by atoms with Crippen LogP contribution in [0.3, 0.4) is 0 Å². The molecule has 1 aliphatic rings. The van der Waals surface area contributed by atoms with Gasteiger partial charge in [0, 0.05) is 30.9 Å². The molecule has 0 spiro atoms. The Labute approximate surface area is 310 Å². The number of aliphatic hydroxyl groups is 3. The number of alkyl halides is 1. The Morgan fingerprint density at radius 3 is 2.31 bits per heavy atom. The molecule has 1 saturated heterocycles. The SMILES string of the molecule is O=C(CBr)NCCOCCOCCOCCn1cc(CCCCNC(=O)Nc2ccc(O[C@H]3O[C@H](CCP(=O)(O)O)[C@@H](CO)[C@H](O)[C@@H]3O)cc2)nn1. The number of halogens is 1. The lowest BCUT2D eigenvalue weighted by atomic mass is 9.88. The molecule has 1 aromatic heterocycles. The smallest absolute Gasteiger partial charge is 0.325 e. The third-order valence-electron chi connectivity index (χ3n) is 7.76. The highest BCUT2D eigenvalue weighted by atomic mass is 79.9. The van der Waals surface area contributed by atoms with Gasteiger partial charge in [-0.05, 0) is 49.9 Å². The Balaban J connectivity index is 1.23. The van der Waals surface area contributed by atoms with E-state index in [2.05, 4.69) is 42.2 Å². The number of nitrogens with one attached hydrogen (secondary N) is 3. The first-order valence-electron chi connectivity index (χ1n) is 16.9. The maximum atomic E-state index is 12.4. The van der Waals surface area contributed by atoms with Gasteiger partial charge in [-0.3, -0.25) is 9.36 Å². The van der Waals surface area contributed by atoms with E-state index in [1.807, 2.05) is 6.20 Å². The predicted molar refractivity (Wildman–Crippen MR) is 189 cm³/mol. The van der Waals surface area contributed by atoms with Crippen molar-refractivity contribution in [3.63, 3.8) is 0 Å². The Morgan fingerprint density at radius 2 is 1.63 bits per heavy atom. The van der Waals surface area contributed by atoms with Crippen molar-refractivity contribution < 1.29 is 62.9 Å². The van der Waals surface area contributed by atoms with Crippen LogP contribution < -0.4 is 20.7 Å². The molecule has 0 aliphatic carbocycles. The second kappa shape index (κ2) is 23.8. The molecule has 19 nitrogen and oxygen atoms in total. The minimum absolute atomic E-state index is 0.0812. The summed E-state index contributed by atoms with van der Waals surface area (Å²) in [7, 11) is -4.35. The number of unbranched alkanes of at least 4 members (excludes halogenated alkanes) is 1. The summed E-state index contributed by atoms with van der Waals surface area (Å²) in [5.74, 6) is -0.785. The fourth-order valence-electron chi connectivity index (χ4n) is 5.02. The number of ether oxygens (including phenoxy) is 5. The van der Waals surface area contributed by atoms with Crippen LogP contribution in [0.1, 0.15) is 25.0 Å². The molecule has 0 radical (unpaired) electrons. The van der Waals surface area contributed by atoms with Gasteiger partial charge in [0.05, 0.1) is 82.2 Å². The van der Waals surface area contributed by atoms with Crippen molar-refractivity contribution in [1.29, 1.82) is 0 Å². The summed E-state index contributed by atoms with van der Waals surface area (Å²) in [6.45, 7) is 3.54. The van der Waals surface area contributed by atoms with Crippen molar-refractivity contribution in [2.24, 2.45) is 5.92 Å². The van der Waals surface area contributed by atoms with E-state index in [-0.39, 0.29) is 23.4 Å². The van der Waals surface area contributed by atoms with Crippen molar-refractivity contribution in [2.45, 2.75) is 56.8 Å². The quantitative estimate of drug-likeness (QED) is 0.0372. The number of amides is 3. The molecule has 1 aliphatic heterocycles. The second-order valence-corrected chi connectivity index (χ2v) is 14.2. The van der Waals surface area contributed by atoms with Gasteiger partial charge < -0.3 is 64.7 Å². The molecule has 8 N–H and O–H groups in total. The second-order valence-electron chi connectivity index (χ2n) is 11.8. The summed E-state index contributed by atoms with van der Waals surface area (Å²) in [4.78, 5) is 41.8. The molecule has 3 rings (SSSR count). The molecule has 3 amide bonds. The highest BCUT2D eigenvalue weighted by Gasteiger charge is 2.45. The molecule has 0 bridgehead atoms. The normalized spacial score (nSPS) is 20.4. The van der Waals surface area contributed by atoms with E-state index < -0.39 is 56.9 Å². The number of hydrogen-bond acceptors (Lipinski definition) is 13. The molecule has 2 heterocycles. The molecular formula is C31H50BrN6O13P. The van der Waals surface area contributed by atoms with Gasteiger partial charge in [0.2, 0.25) is 12.2 Å². The Hall–Kier alpha value is -2.75. The maximum absolute atomic E-state index is 12.4. The monoisotopic (exact) mass is 824 g/mol. The Kier molecular flexibility index (Phi) is 20.0. The number of urea groups is 1. The fourth-order valence-corrected chi connectivity index (χ4v) is 5.81. The molecule has 21 heteroatoms. The number of aliphatic hydroxyl groups excluding tert-OH is 3. The van der Waals surface area contributed by atoms with E-state index in [0.29, 0.717) is 71.4 Å². The molecule has 52 heavy (non-hydrogen) atoms. The van der Waals surface area contributed by atoms with Crippen molar-refractivity contribution in [1.82, 2.24) is 25.6 Å². The standard InChI is InChI=1S/C31H50BrN6O13P/c32-19-27(40)33-10-12-47-14-16-49-17-15-48-13-11-38-20-23(36-37-38)3-1-2-9-34-31(43)35-22-4-6-24(7-5-22)50-30-29(42)28(41)25(21-39)26(51-30)8-18-52(44,45)46/h4-7,20,25-26,28-30,39,41-42H,1-3,8-19,21H2,(H,33,40)(H2,34,35,43)(H2,44,45,46)/t25-,26-,28+,29+,30+/m1/s1. The zero-order valence-corrected chi connectivity index (χ0v) is 31.2. The van der Waals surface area contributed by atoms with Gasteiger partial charge in [-0.25, -0.2) is 9.48 Å². The first kappa shape index (κ1) is 43.7. The van der Waals surface area contributed by atoms with Crippen LogP contribution in [0.4, 0.5) is 10.5 Å². The number of aryl methyl sites for hydroxylation is 1. The topological polar surface area (TPSA) is 265 Å².